The van der Waals surface area contributed by atoms with Crippen LogP contribution in [0.5, 0.6) is 0 Å². The van der Waals surface area contributed by atoms with Gasteiger partial charge in [0.05, 0.1) is 24.4 Å². The molecule has 3 N–H and O–H groups in total. The Bertz CT molecular complexity index is 1280. The first-order chi connectivity index (χ1) is 20.1. The van der Waals surface area contributed by atoms with Gasteiger partial charge in [0, 0.05) is 36.7 Å². The number of esters is 3. The molecule has 4 saturated carbocycles. The number of aliphatic hydroxyl groups is 3. The lowest BCUT2D eigenvalue weighted by Gasteiger charge is -2.63. The Morgan fingerprint density at radius 1 is 1.07 bits per heavy atom. The minimum atomic E-state index is -1.29. The van der Waals surface area contributed by atoms with Crippen molar-refractivity contribution in [3.8, 4) is 0 Å². The van der Waals surface area contributed by atoms with E-state index < -0.39 is 70.7 Å². The van der Waals surface area contributed by atoms with E-state index in [-0.39, 0.29) is 55.1 Å². The first-order valence-corrected chi connectivity index (χ1v) is 15.7. The molecule has 7 rings (SSSR count). The van der Waals surface area contributed by atoms with Gasteiger partial charge in [0.15, 0.2) is 0 Å². The van der Waals surface area contributed by atoms with Crippen LogP contribution in [0.1, 0.15) is 67.2 Å². The Labute approximate surface area is 251 Å². The molecule has 6 fully saturated rings. The van der Waals surface area contributed by atoms with Crippen molar-refractivity contribution in [1.29, 1.82) is 0 Å². The highest BCUT2D eigenvalue weighted by molar-refractivity contribution is 5.91. The van der Waals surface area contributed by atoms with Crippen molar-refractivity contribution in [2.24, 2.45) is 40.4 Å². The largest absolute Gasteiger partial charge is 0.462 e. The smallest absolute Gasteiger partial charge is 0.334 e. The van der Waals surface area contributed by atoms with Gasteiger partial charge in [-0.05, 0) is 61.3 Å². The van der Waals surface area contributed by atoms with Crippen LogP contribution in [-0.2, 0) is 38.1 Å². The summed E-state index contributed by atoms with van der Waals surface area (Å²) in [5.74, 6) is -2.60. The van der Waals surface area contributed by atoms with E-state index in [1.54, 1.807) is 6.92 Å². The van der Waals surface area contributed by atoms with Crippen LogP contribution in [0, 0.1) is 40.4 Å². The Balaban J connectivity index is 1.27. The number of cyclic esters (lactones) is 1. The number of rotatable bonds is 6. The lowest BCUT2D eigenvalue weighted by molar-refractivity contribution is -0.250. The van der Waals surface area contributed by atoms with E-state index in [1.807, 2.05) is 13.8 Å². The molecule has 11 heteroatoms. The molecule has 7 aliphatic rings. The lowest BCUT2D eigenvalue weighted by atomic mass is 9.41. The number of epoxide rings is 2. The van der Waals surface area contributed by atoms with Crippen molar-refractivity contribution in [2.75, 3.05) is 6.61 Å². The van der Waals surface area contributed by atoms with Crippen LogP contribution >= 0.6 is 0 Å². The number of hydrogen-bond acceptors (Lipinski definition) is 11. The number of carbonyl (C=O) groups excluding carboxylic acids is 3. The van der Waals surface area contributed by atoms with Crippen LogP contribution in [0.25, 0.3) is 0 Å². The molecule has 11 nitrogen and oxygen atoms in total. The summed E-state index contributed by atoms with van der Waals surface area (Å²) >= 11 is 0. The van der Waals surface area contributed by atoms with E-state index in [0.717, 1.165) is 5.57 Å². The van der Waals surface area contributed by atoms with Gasteiger partial charge in [-0.2, -0.15) is 0 Å². The summed E-state index contributed by atoms with van der Waals surface area (Å²) < 4.78 is 29.5. The van der Waals surface area contributed by atoms with Crippen LogP contribution in [0.15, 0.2) is 11.1 Å². The molecule has 3 heterocycles. The van der Waals surface area contributed by atoms with Gasteiger partial charge in [-0.1, -0.05) is 20.8 Å². The van der Waals surface area contributed by atoms with Gasteiger partial charge in [-0.3, -0.25) is 9.59 Å². The van der Waals surface area contributed by atoms with Gasteiger partial charge in [0.1, 0.15) is 36.6 Å². The maximum atomic E-state index is 12.6. The fourth-order valence-electron chi connectivity index (χ4n) is 10.9. The third kappa shape index (κ3) is 3.93. The fraction of sp³-hybridized carbons (Fsp3) is 0.844. The number of aliphatic hydroxyl groups excluding tert-OH is 2. The van der Waals surface area contributed by atoms with Gasteiger partial charge in [-0.15, -0.1) is 0 Å². The van der Waals surface area contributed by atoms with Crippen molar-refractivity contribution >= 4 is 17.9 Å². The minimum Gasteiger partial charge on any atom is -0.462 e. The van der Waals surface area contributed by atoms with Crippen LogP contribution < -0.4 is 0 Å². The molecule has 0 amide bonds. The third-order valence-electron chi connectivity index (χ3n) is 13.1. The second kappa shape index (κ2) is 9.48. The van der Waals surface area contributed by atoms with Crippen LogP contribution in [-0.4, -0.2) is 94.3 Å². The molecule has 2 saturated heterocycles. The van der Waals surface area contributed by atoms with Gasteiger partial charge in [-0.25, -0.2) is 4.79 Å². The molecule has 43 heavy (non-hydrogen) atoms. The van der Waals surface area contributed by atoms with Gasteiger partial charge in [0.2, 0.25) is 0 Å². The number of hydrogen-bond donors (Lipinski definition) is 3. The van der Waals surface area contributed by atoms with E-state index in [1.165, 1.54) is 13.8 Å². The molecular formula is C32H44O11. The number of carbonyl (C=O) groups is 3. The Hall–Kier alpha value is -2.05. The van der Waals surface area contributed by atoms with Crippen LogP contribution in [0.3, 0.4) is 0 Å². The second-order valence-corrected chi connectivity index (χ2v) is 14.9. The van der Waals surface area contributed by atoms with E-state index in [4.69, 9.17) is 23.7 Å². The van der Waals surface area contributed by atoms with E-state index >= 15 is 0 Å². The minimum absolute atomic E-state index is 0.102. The number of ether oxygens (including phenoxy) is 5. The molecule has 3 aliphatic heterocycles. The average Bonchev–Trinajstić information content (AvgIpc) is 3.82. The summed E-state index contributed by atoms with van der Waals surface area (Å²) in [6.07, 6.45) is -2.75. The molecule has 0 aromatic heterocycles. The van der Waals surface area contributed by atoms with E-state index in [2.05, 4.69) is 6.92 Å². The Morgan fingerprint density at radius 3 is 2.40 bits per heavy atom. The van der Waals surface area contributed by atoms with Gasteiger partial charge < -0.3 is 39.0 Å². The standard InChI is InChI=1S/C32H44O11/c1-12-16(11-39-29(12)37)7-19(35)13(2)24-20(36)8-17-23-18(9-22(30(17,24)5)40-14(3)33)31(6)27(41-15(4)34)25-21(42-25)10-32(31,38)28-26(23)43-28/h13,17-28,35-36,38H,7-11H2,1-6H3/t13-,17+,18+,19-,20-,21+,22+,23+,24?,25+,26+,27+,28+,30-,31+,32+/m1/s1. The lowest BCUT2D eigenvalue weighted by Crippen LogP contribution is -2.72. The first kappa shape index (κ1) is 29.6. The third-order valence-corrected chi connectivity index (χ3v) is 13.1. The molecule has 0 spiro atoms. The number of fused-ring (bicyclic) bond motifs is 9. The maximum Gasteiger partial charge on any atom is 0.334 e. The van der Waals surface area contributed by atoms with Crippen LogP contribution in [0.2, 0.25) is 0 Å². The van der Waals surface area contributed by atoms with Crippen molar-refractivity contribution in [3.63, 3.8) is 0 Å². The summed E-state index contributed by atoms with van der Waals surface area (Å²) in [5.41, 5.74) is -1.69. The molecule has 0 aromatic rings. The Morgan fingerprint density at radius 2 is 1.77 bits per heavy atom. The highest BCUT2D eigenvalue weighted by Gasteiger charge is 2.83. The molecule has 0 aromatic carbocycles. The first-order valence-electron chi connectivity index (χ1n) is 15.7. The van der Waals surface area contributed by atoms with Crippen LogP contribution in [0.4, 0.5) is 0 Å². The van der Waals surface area contributed by atoms with Gasteiger partial charge in [0.25, 0.3) is 0 Å². The van der Waals surface area contributed by atoms with Gasteiger partial charge >= 0.3 is 17.9 Å². The van der Waals surface area contributed by atoms with Crippen molar-refractivity contribution in [2.45, 2.75) is 122 Å². The second-order valence-electron chi connectivity index (χ2n) is 14.9. The zero-order chi connectivity index (χ0) is 31.0. The Kier molecular flexibility index (Phi) is 6.54. The monoisotopic (exact) mass is 604 g/mol. The molecule has 238 valence electrons. The summed E-state index contributed by atoms with van der Waals surface area (Å²) in [7, 11) is 0. The molecule has 0 bridgehead atoms. The normalized spacial score (nSPS) is 52.0. The SMILES string of the molecule is CC(=O)O[C@H]1C[C@H]2[C@@H]([C@@H]3O[C@@H]3[C@@]3(O)C[C@@H]4O[C@@H]4[C@H](OC(C)=O)[C@]23C)[C@@H]2C[C@@H](O)C([C@H](C)[C@H](O)CC3=C(C)C(=O)OC3)[C@@]12C. The highest BCUT2D eigenvalue weighted by atomic mass is 16.6. The molecular weight excluding hydrogens is 560 g/mol. The van der Waals surface area contributed by atoms with E-state index in [9.17, 15) is 29.7 Å². The van der Waals surface area contributed by atoms with Crippen molar-refractivity contribution in [1.82, 2.24) is 0 Å². The summed E-state index contributed by atoms with van der Waals surface area (Å²) in [5, 5.41) is 35.6. The topological polar surface area (TPSA) is 165 Å². The fourth-order valence-corrected chi connectivity index (χ4v) is 10.9. The van der Waals surface area contributed by atoms with Crippen molar-refractivity contribution in [3.05, 3.63) is 11.1 Å². The zero-order valence-electron chi connectivity index (χ0n) is 25.6. The zero-order valence-corrected chi connectivity index (χ0v) is 25.6. The molecule has 16 atom stereocenters. The quantitative estimate of drug-likeness (QED) is 0.228. The average molecular weight is 605 g/mol. The predicted octanol–water partition coefficient (Wildman–Crippen LogP) is 1.44. The predicted molar refractivity (Wildman–Crippen MR) is 147 cm³/mol. The molecule has 4 aliphatic carbocycles. The summed E-state index contributed by atoms with van der Waals surface area (Å²) in [6.45, 7) is 10.5. The van der Waals surface area contributed by atoms with Crippen molar-refractivity contribution < 1.29 is 53.4 Å². The maximum absolute atomic E-state index is 12.6. The summed E-state index contributed by atoms with van der Waals surface area (Å²) in [6, 6.07) is 0. The highest BCUT2D eigenvalue weighted by Crippen LogP contribution is 2.74. The molecule has 1 unspecified atom stereocenters. The molecule has 0 radical (unpaired) electrons. The summed E-state index contributed by atoms with van der Waals surface area (Å²) in [4.78, 5) is 36.9. The van der Waals surface area contributed by atoms with E-state index in [0.29, 0.717) is 24.8 Å².